The smallest absolute Gasteiger partial charge is 0.307 e. The number of hydrazone groups is 1. The van der Waals surface area contributed by atoms with E-state index in [1.54, 1.807) is 30.3 Å². The van der Waals surface area contributed by atoms with Gasteiger partial charge in [0.15, 0.2) is 17.3 Å². The van der Waals surface area contributed by atoms with E-state index in [9.17, 15) is 10.1 Å². The van der Waals surface area contributed by atoms with Crippen LogP contribution in [0.5, 0.6) is 11.5 Å². The molecule has 4 rings (SSSR count). The molecule has 0 atom stereocenters. The third-order valence-electron chi connectivity index (χ3n) is 4.85. The average Bonchev–Trinajstić information content (AvgIpc) is 3.28. The van der Waals surface area contributed by atoms with Crippen LogP contribution in [0.2, 0.25) is 0 Å². The van der Waals surface area contributed by atoms with Gasteiger partial charge in [-0.15, -0.1) is 0 Å². The summed E-state index contributed by atoms with van der Waals surface area (Å²) < 4.78 is 18.5. The predicted molar refractivity (Wildman–Crippen MR) is 135 cm³/mol. The fourth-order valence-corrected chi connectivity index (χ4v) is 4.54. The zero-order valence-corrected chi connectivity index (χ0v) is 21.0. The van der Waals surface area contributed by atoms with E-state index in [-0.39, 0.29) is 12.4 Å². The van der Waals surface area contributed by atoms with Crippen LogP contribution in [0.15, 0.2) is 79.1 Å². The van der Waals surface area contributed by atoms with Crippen molar-refractivity contribution in [2.45, 2.75) is 6.61 Å². The van der Waals surface area contributed by atoms with Crippen molar-refractivity contribution >= 4 is 55.0 Å². The van der Waals surface area contributed by atoms with Crippen molar-refractivity contribution in [3.05, 3.63) is 92.1 Å². The third kappa shape index (κ3) is 5.30. The van der Waals surface area contributed by atoms with E-state index in [1.807, 2.05) is 30.3 Å². The molecule has 0 unspecified atom stereocenters. The van der Waals surface area contributed by atoms with E-state index in [1.165, 1.54) is 13.3 Å². The second-order valence-corrected chi connectivity index (χ2v) is 8.85. The number of ether oxygens (including phenoxy) is 2. The predicted octanol–water partition coefficient (Wildman–Crippen LogP) is 6.18. The van der Waals surface area contributed by atoms with Crippen LogP contribution in [0, 0.1) is 11.3 Å². The maximum atomic E-state index is 12.4. The first-order chi connectivity index (χ1) is 16.5. The fraction of sp³-hybridized carbons (Fsp3) is 0.0800. The molecule has 0 aliphatic rings. The van der Waals surface area contributed by atoms with Gasteiger partial charge in [-0.05, 0) is 64.0 Å². The molecule has 0 bridgehead atoms. The maximum Gasteiger partial charge on any atom is 0.307 e. The van der Waals surface area contributed by atoms with Gasteiger partial charge in [0.25, 0.3) is 0 Å². The van der Waals surface area contributed by atoms with E-state index >= 15 is 0 Å². The molecule has 0 radical (unpaired) electrons. The van der Waals surface area contributed by atoms with Gasteiger partial charge >= 0.3 is 5.91 Å². The standard InChI is InChI=1S/C25H17Br2N3O4/c1-32-22-8-15(6-7-21(22)33-14-17-5-3-2-4-16(17)12-28)13-29-30-25(31)23-10-18-9-19(26)11-20(27)24(18)34-23/h2-11,13H,14H2,1H3,(H,30,31)/b29-13-. The Balaban J connectivity index is 1.42. The summed E-state index contributed by atoms with van der Waals surface area (Å²) in [6.07, 6.45) is 1.49. The summed E-state index contributed by atoms with van der Waals surface area (Å²) in [7, 11) is 1.53. The average molecular weight is 583 g/mol. The number of nitrogens with one attached hydrogen (secondary N) is 1. The van der Waals surface area contributed by atoms with E-state index in [0.717, 1.165) is 19.9 Å². The van der Waals surface area contributed by atoms with Crippen molar-refractivity contribution in [2.75, 3.05) is 7.11 Å². The summed E-state index contributed by atoms with van der Waals surface area (Å²) >= 11 is 6.84. The van der Waals surface area contributed by atoms with E-state index in [4.69, 9.17) is 13.9 Å². The van der Waals surface area contributed by atoms with Gasteiger partial charge in [-0.1, -0.05) is 34.1 Å². The number of nitriles is 1. The van der Waals surface area contributed by atoms with Crippen molar-refractivity contribution in [1.82, 2.24) is 5.43 Å². The minimum atomic E-state index is -0.474. The number of rotatable bonds is 7. The molecule has 1 heterocycles. The molecular weight excluding hydrogens is 566 g/mol. The normalized spacial score (nSPS) is 10.9. The molecule has 0 saturated carbocycles. The molecule has 1 aromatic heterocycles. The van der Waals surface area contributed by atoms with Gasteiger partial charge in [-0.25, -0.2) is 5.43 Å². The highest BCUT2D eigenvalue weighted by Gasteiger charge is 2.14. The molecular formula is C25H17Br2N3O4. The lowest BCUT2D eigenvalue weighted by atomic mass is 10.1. The van der Waals surface area contributed by atoms with Crippen LogP contribution in [-0.2, 0) is 6.61 Å². The van der Waals surface area contributed by atoms with Crippen LogP contribution in [0.1, 0.15) is 27.2 Å². The number of fused-ring (bicyclic) bond motifs is 1. The third-order valence-corrected chi connectivity index (χ3v) is 5.89. The van der Waals surface area contributed by atoms with Crippen molar-refractivity contribution in [1.29, 1.82) is 5.26 Å². The van der Waals surface area contributed by atoms with Crippen LogP contribution in [-0.4, -0.2) is 19.2 Å². The van der Waals surface area contributed by atoms with Gasteiger partial charge in [0, 0.05) is 15.4 Å². The lowest BCUT2D eigenvalue weighted by Gasteiger charge is -2.12. The lowest BCUT2D eigenvalue weighted by molar-refractivity contribution is 0.0929. The Kier molecular flexibility index (Phi) is 7.30. The van der Waals surface area contributed by atoms with E-state index < -0.39 is 5.91 Å². The van der Waals surface area contributed by atoms with Crippen LogP contribution in [0.25, 0.3) is 11.0 Å². The van der Waals surface area contributed by atoms with Crippen molar-refractivity contribution < 1.29 is 18.7 Å². The summed E-state index contributed by atoms with van der Waals surface area (Å²) in [5.74, 6) is 0.691. The Labute approximate surface area is 212 Å². The summed E-state index contributed by atoms with van der Waals surface area (Å²) in [4.78, 5) is 12.4. The number of hydrogen-bond acceptors (Lipinski definition) is 6. The van der Waals surface area contributed by atoms with Gasteiger partial charge in [0.1, 0.15) is 12.2 Å². The monoisotopic (exact) mass is 581 g/mol. The second kappa shape index (κ2) is 10.5. The highest BCUT2D eigenvalue weighted by atomic mass is 79.9. The molecule has 7 nitrogen and oxygen atoms in total. The molecule has 170 valence electrons. The summed E-state index contributed by atoms with van der Waals surface area (Å²) in [6, 6.07) is 20.0. The Hall–Kier alpha value is -3.61. The minimum Gasteiger partial charge on any atom is -0.493 e. The second-order valence-electron chi connectivity index (χ2n) is 7.08. The number of nitrogens with zero attached hydrogens (tertiary/aromatic N) is 2. The molecule has 4 aromatic rings. The van der Waals surface area contributed by atoms with E-state index in [0.29, 0.717) is 28.2 Å². The molecule has 0 aliphatic carbocycles. The van der Waals surface area contributed by atoms with Gasteiger partial charge in [0.05, 0.1) is 29.4 Å². The Bertz CT molecular complexity index is 1440. The van der Waals surface area contributed by atoms with E-state index in [2.05, 4.69) is 48.5 Å². The quantitative estimate of drug-likeness (QED) is 0.207. The minimum absolute atomic E-state index is 0.143. The van der Waals surface area contributed by atoms with Gasteiger partial charge in [0.2, 0.25) is 0 Å². The fourth-order valence-electron chi connectivity index (χ4n) is 3.20. The first-order valence-electron chi connectivity index (χ1n) is 9.99. The van der Waals surface area contributed by atoms with Gasteiger partial charge < -0.3 is 13.9 Å². The maximum absolute atomic E-state index is 12.4. The SMILES string of the molecule is COc1cc(/C=N\NC(=O)c2cc3cc(Br)cc(Br)c3o2)ccc1OCc1ccccc1C#N. The number of halogens is 2. The number of methoxy groups -OCH3 is 1. The molecule has 1 N–H and O–H groups in total. The first-order valence-corrected chi connectivity index (χ1v) is 11.6. The highest BCUT2D eigenvalue weighted by Crippen LogP contribution is 2.31. The van der Waals surface area contributed by atoms with Gasteiger partial charge in [-0.3, -0.25) is 4.79 Å². The van der Waals surface area contributed by atoms with Crippen LogP contribution < -0.4 is 14.9 Å². The van der Waals surface area contributed by atoms with Gasteiger partial charge in [-0.2, -0.15) is 10.4 Å². The van der Waals surface area contributed by atoms with Crippen LogP contribution in [0.3, 0.4) is 0 Å². The Morgan fingerprint density at radius 1 is 1.15 bits per heavy atom. The summed E-state index contributed by atoms with van der Waals surface area (Å²) in [6.45, 7) is 0.230. The summed E-state index contributed by atoms with van der Waals surface area (Å²) in [5.41, 5.74) is 5.08. The molecule has 0 spiro atoms. The molecule has 0 saturated heterocycles. The zero-order chi connectivity index (χ0) is 24.1. The Morgan fingerprint density at radius 3 is 2.76 bits per heavy atom. The zero-order valence-electron chi connectivity index (χ0n) is 17.8. The number of benzene rings is 3. The lowest BCUT2D eigenvalue weighted by Crippen LogP contribution is -2.16. The highest BCUT2D eigenvalue weighted by molar-refractivity contribution is 9.11. The number of carbonyl (C=O) groups is 1. The molecule has 0 fully saturated rings. The first kappa shape index (κ1) is 23.5. The van der Waals surface area contributed by atoms with Crippen molar-refractivity contribution in [3.8, 4) is 17.6 Å². The molecule has 34 heavy (non-hydrogen) atoms. The van der Waals surface area contributed by atoms with Crippen LogP contribution in [0.4, 0.5) is 0 Å². The molecule has 9 heteroatoms. The molecule has 3 aromatic carbocycles. The number of amides is 1. The largest absolute Gasteiger partial charge is 0.493 e. The molecule has 1 amide bonds. The number of carbonyl (C=O) groups excluding carboxylic acids is 1. The van der Waals surface area contributed by atoms with Crippen molar-refractivity contribution in [2.24, 2.45) is 5.10 Å². The topological polar surface area (TPSA) is 96.8 Å². The number of hydrogen-bond donors (Lipinski definition) is 1. The molecule has 0 aliphatic heterocycles. The summed E-state index contributed by atoms with van der Waals surface area (Å²) in [5, 5.41) is 14.0. The van der Waals surface area contributed by atoms with Crippen LogP contribution >= 0.6 is 31.9 Å². The Morgan fingerprint density at radius 2 is 1.97 bits per heavy atom. The van der Waals surface area contributed by atoms with Crippen molar-refractivity contribution in [3.63, 3.8) is 0 Å². The number of furan rings is 1.